The van der Waals surface area contributed by atoms with E-state index in [4.69, 9.17) is 5.73 Å². The first-order valence-corrected chi connectivity index (χ1v) is 5.56. The molecule has 0 spiro atoms. The summed E-state index contributed by atoms with van der Waals surface area (Å²) in [7, 11) is 0. The molecule has 5 heteroatoms. The van der Waals surface area contributed by atoms with Crippen molar-refractivity contribution in [3.05, 3.63) is 24.0 Å². The fourth-order valence-corrected chi connectivity index (χ4v) is 1.60. The Morgan fingerprint density at radius 3 is 2.71 bits per heavy atom. The van der Waals surface area contributed by atoms with E-state index >= 15 is 0 Å². The number of anilines is 1. The lowest BCUT2D eigenvalue weighted by Gasteiger charge is -2.29. The molecule has 1 aromatic heterocycles. The van der Waals surface area contributed by atoms with Gasteiger partial charge in [0.1, 0.15) is 5.69 Å². The van der Waals surface area contributed by atoms with Crippen LogP contribution in [0.4, 0.5) is 5.69 Å². The van der Waals surface area contributed by atoms with Gasteiger partial charge < -0.3 is 15.7 Å². The number of amides is 1. The zero-order valence-electron chi connectivity index (χ0n) is 10.5. The Labute approximate surface area is 101 Å². The number of nitrogens with zero attached hydrogens (tertiary/aromatic N) is 2. The summed E-state index contributed by atoms with van der Waals surface area (Å²) in [5.41, 5.74) is 5.45. The number of primary amides is 1. The average Bonchev–Trinajstić information content (AvgIpc) is 2.25. The number of aliphatic hydroxyl groups is 1. The molecule has 1 heterocycles. The number of hydrogen-bond donors (Lipinski definition) is 2. The molecule has 0 fully saturated rings. The highest BCUT2D eigenvalue weighted by atomic mass is 16.3. The highest BCUT2D eigenvalue weighted by molar-refractivity contribution is 5.91. The number of carbonyl (C=O) groups excluding carboxylic acids is 1. The third kappa shape index (κ3) is 4.03. The first-order chi connectivity index (χ1) is 7.83. The van der Waals surface area contributed by atoms with Crippen molar-refractivity contribution in [1.29, 1.82) is 0 Å². The van der Waals surface area contributed by atoms with E-state index in [1.165, 1.54) is 0 Å². The maximum Gasteiger partial charge on any atom is 0.267 e. The summed E-state index contributed by atoms with van der Waals surface area (Å²) >= 11 is 0. The molecular formula is C12H19N3O2. The molecule has 94 valence electrons. The second-order valence-electron chi connectivity index (χ2n) is 4.59. The molecule has 0 aliphatic carbocycles. The molecule has 1 rings (SSSR count). The van der Waals surface area contributed by atoms with Crippen molar-refractivity contribution < 1.29 is 9.90 Å². The van der Waals surface area contributed by atoms with E-state index in [0.29, 0.717) is 6.54 Å². The van der Waals surface area contributed by atoms with Gasteiger partial charge in [0, 0.05) is 25.0 Å². The van der Waals surface area contributed by atoms with Crippen molar-refractivity contribution in [3.8, 4) is 0 Å². The molecule has 5 nitrogen and oxygen atoms in total. The first kappa shape index (κ1) is 13.4. The highest BCUT2D eigenvalue weighted by Crippen LogP contribution is 2.17. The zero-order chi connectivity index (χ0) is 13.1. The molecule has 0 aromatic carbocycles. The van der Waals surface area contributed by atoms with Crippen molar-refractivity contribution >= 4 is 11.6 Å². The van der Waals surface area contributed by atoms with Gasteiger partial charge in [0.15, 0.2) is 0 Å². The third-order valence-corrected chi connectivity index (χ3v) is 2.32. The van der Waals surface area contributed by atoms with Crippen LogP contribution >= 0.6 is 0 Å². The van der Waals surface area contributed by atoms with Crippen LogP contribution in [0.15, 0.2) is 18.3 Å². The molecule has 0 unspecified atom stereocenters. The highest BCUT2D eigenvalue weighted by Gasteiger charge is 2.18. The first-order valence-electron chi connectivity index (χ1n) is 5.56. The number of carbonyl (C=O) groups is 1. The second-order valence-corrected chi connectivity index (χ2v) is 4.59. The van der Waals surface area contributed by atoms with Gasteiger partial charge in [-0.25, -0.2) is 0 Å². The number of likely N-dealkylation sites (N-methyl/N-ethyl adjacent to an activating group) is 1. The number of rotatable bonds is 5. The summed E-state index contributed by atoms with van der Waals surface area (Å²) in [6, 6.07) is 3.43. The Morgan fingerprint density at radius 1 is 1.59 bits per heavy atom. The monoisotopic (exact) mass is 237 g/mol. The topological polar surface area (TPSA) is 79.4 Å². The summed E-state index contributed by atoms with van der Waals surface area (Å²) in [6.45, 7) is 6.67. The van der Waals surface area contributed by atoms with Crippen molar-refractivity contribution in [3.63, 3.8) is 0 Å². The normalized spacial score (nSPS) is 11.3. The molecular weight excluding hydrogens is 218 g/mol. The van der Waals surface area contributed by atoms with Crippen LogP contribution in [0, 0.1) is 0 Å². The number of nitrogens with two attached hydrogens (primary N) is 1. The fraction of sp³-hybridized carbons (Fsp3) is 0.500. The molecule has 1 amide bonds. The van der Waals surface area contributed by atoms with E-state index in [0.717, 1.165) is 12.2 Å². The summed E-state index contributed by atoms with van der Waals surface area (Å²) in [6.07, 6.45) is 1.54. The Balaban J connectivity index is 2.96. The zero-order valence-corrected chi connectivity index (χ0v) is 10.5. The van der Waals surface area contributed by atoms with Crippen LogP contribution in [0.3, 0.4) is 0 Å². The maximum absolute atomic E-state index is 11.0. The van der Waals surface area contributed by atoms with E-state index in [9.17, 15) is 9.90 Å². The molecule has 17 heavy (non-hydrogen) atoms. The quantitative estimate of drug-likeness (QED) is 0.793. The lowest BCUT2D eigenvalue weighted by Crippen LogP contribution is -2.38. The molecule has 1 aromatic rings. The van der Waals surface area contributed by atoms with E-state index in [1.54, 1.807) is 32.2 Å². The Hall–Kier alpha value is -1.62. The number of pyridine rings is 1. The minimum absolute atomic E-state index is 0.233. The van der Waals surface area contributed by atoms with Crippen LogP contribution in [-0.2, 0) is 0 Å². The van der Waals surface area contributed by atoms with Gasteiger partial charge in [-0.2, -0.15) is 0 Å². The van der Waals surface area contributed by atoms with E-state index in [2.05, 4.69) is 4.98 Å². The van der Waals surface area contributed by atoms with Gasteiger partial charge >= 0.3 is 0 Å². The molecule has 0 radical (unpaired) electrons. The van der Waals surface area contributed by atoms with Gasteiger partial charge in [-0.1, -0.05) is 0 Å². The predicted octanol–water partition coefficient (Wildman–Crippen LogP) is 0.778. The number of hydrogen-bond acceptors (Lipinski definition) is 4. The molecule has 0 saturated heterocycles. The molecule has 0 atom stereocenters. The minimum atomic E-state index is -0.799. The van der Waals surface area contributed by atoms with Crippen LogP contribution in [-0.4, -0.2) is 34.7 Å². The Bertz CT molecular complexity index is 399. The summed E-state index contributed by atoms with van der Waals surface area (Å²) in [5.74, 6) is -0.550. The average molecular weight is 237 g/mol. The fourth-order valence-electron chi connectivity index (χ4n) is 1.60. The standard InChI is InChI=1S/C12H19N3O2/c1-4-15(8-12(2,3)17)9-5-6-14-10(7-9)11(13)16/h5-7,17H,4,8H2,1-3H3,(H2,13,16). The van der Waals surface area contributed by atoms with Crippen molar-refractivity contribution in [2.75, 3.05) is 18.0 Å². The Kier molecular flexibility index (Phi) is 4.07. The second kappa shape index (κ2) is 5.14. The largest absolute Gasteiger partial charge is 0.389 e. The lowest BCUT2D eigenvalue weighted by atomic mass is 10.1. The van der Waals surface area contributed by atoms with Gasteiger partial charge in [-0.15, -0.1) is 0 Å². The third-order valence-electron chi connectivity index (χ3n) is 2.32. The van der Waals surface area contributed by atoms with Gasteiger partial charge in [-0.3, -0.25) is 9.78 Å². The number of aromatic nitrogens is 1. The van der Waals surface area contributed by atoms with Gasteiger partial charge in [0.05, 0.1) is 5.60 Å². The van der Waals surface area contributed by atoms with E-state index in [-0.39, 0.29) is 5.69 Å². The van der Waals surface area contributed by atoms with Crippen molar-refractivity contribution in [2.24, 2.45) is 5.73 Å². The smallest absolute Gasteiger partial charge is 0.267 e. The van der Waals surface area contributed by atoms with Crippen LogP contribution in [0.25, 0.3) is 0 Å². The lowest BCUT2D eigenvalue weighted by molar-refractivity contribution is 0.0876. The Morgan fingerprint density at radius 2 is 2.24 bits per heavy atom. The van der Waals surface area contributed by atoms with Crippen molar-refractivity contribution in [1.82, 2.24) is 4.98 Å². The molecule has 0 bridgehead atoms. The minimum Gasteiger partial charge on any atom is -0.389 e. The molecule has 0 aliphatic rings. The van der Waals surface area contributed by atoms with Crippen LogP contribution < -0.4 is 10.6 Å². The summed E-state index contributed by atoms with van der Waals surface area (Å²) in [5, 5.41) is 9.81. The SMILES string of the molecule is CCN(CC(C)(C)O)c1ccnc(C(N)=O)c1. The van der Waals surface area contributed by atoms with Gasteiger partial charge in [0.2, 0.25) is 0 Å². The van der Waals surface area contributed by atoms with Crippen molar-refractivity contribution in [2.45, 2.75) is 26.4 Å². The molecule has 0 saturated carbocycles. The maximum atomic E-state index is 11.0. The summed E-state index contributed by atoms with van der Waals surface area (Å²) < 4.78 is 0. The molecule has 0 aliphatic heterocycles. The van der Waals surface area contributed by atoms with E-state index < -0.39 is 11.5 Å². The van der Waals surface area contributed by atoms with Crippen LogP contribution in [0.2, 0.25) is 0 Å². The van der Waals surface area contributed by atoms with Gasteiger partial charge in [0.25, 0.3) is 5.91 Å². The molecule has 3 N–H and O–H groups in total. The van der Waals surface area contributed by atoms with Gasteiger partial charge in [-0.05, 0) is 32.9 Å². The van der Waals surface area contributed by atoms with Crippen LogP contribution in [0.5, 0.6) is 0 Å². The van der Waals surface area contributed by atoms with Crippen LogP contribution in [0.1, 0.15) is 31.3 Å². The predicted molar refractivity (Wildman–Crippen MR) is 66.9 cm³/mol. The van der Waals surface area contributed by atoms with E-state index in [1.807, 2.05) is 11.8 Å². The summed E-state index contributed by atoms with van der Waals surface area (Å²) in [4.78, 5) is 16.9.